The van der Waals surface area contributed by atoms with Crippen LogP contribution in [0.4, 0.5) is 0 Å². The van der Waals surface area contributed by atoms with Gasteiger partial charge in [-0.25, -0.2) is 9.78 Å². The molecule has 5 heteroatoms. The van der Waals surface area contributed by atoms with E-state index in [9.17, 15) is 4.79 Å². The lowest BCUT2D eigenvalue weighted by Gasteiger charge is -2.16. The Labute approximate surface area is 118 Å². The SMILES string of the molecule is CCOC(=O)c1cncn1C(C)c1ccccc1.Cl. The Hall–Kier alpha value is -1.81. The summed E-state index contributed by atoms with van der Waals surface area (Å²) in [6.07, 6.45) is 3.20. The number of carbonyl (C=O) groups excluding carboxylic acids is 1. The molecule has 1 atom stereocenters. The molecule has 1 unspecified atom stereocenters. The van der Waals surface area contributed by atoms with Gasteiger partial charge in [0, 0.05) is 0 Å². The molecule has 0 amide bonds. The van der Waals surface area contributed by atoms with Crippen molar-refractivity contribution in [2.24, 2.45) is 0 Å². The Morgan fingerprint density at radius 3 is 2.68 bits per heavy atom. The van der Waals surface area contributed by atoms with Crippen LogP contribution in [0, 0.1) is 0 Å². The molecule has 0 spiro atoms. The molecule has 0 aliphatic rings. The topological polar surface area (TPSA) is 44.1 Å². The molecule has 2 aromatic rings. The second kappa shape index (κ2) is 6.95. The molecule has 0 aliphatic heterocycles. The van der Waals surface area contributed by atoms with Gasteiger partial charge in [0.05, 0.1) is 25.2 Å². The number of ether oxygens (including phenoxy) is 1. The standard InChI is InChI=1S/C14H16N2O2.ClH/c1-3-18-14(17)13-9-15-10-16(13)11(2)12-7-5-4-6-8-12;/h4-11H,3H2,1-2H3;1H. The third-order valence-corrected chi connectivity index (χ3v) is 2.85. The van der Waals surface area contributed by atoms with Crippen LogP contribution in [0.1, 0.15) is 35.9 Å². The summed E-state index contributed by atoms with van der Waals surface area (Å²) >= 11 is 0. The number of nitrogens with zero attached hydrogens (tertiary/aromatic N) is 2. The van der Waals surface area contributed by atoms with Crippen LogP contribution in [0.15, 0.2) is 42.9 Å². The molecule has 1 aromatic carbocycles. The van der Waals surface area contributed by atoms with Gasteiger partial charge in [-0.1, -0.05) is 30.3 Å². The molecule has 2 rings (SSSR count). The highest BCUT2D eigenvalue weighted by Gasteiger charge is 2.17. The summed E-state index contributed by atoms with van der Waals surface area (Å²) in [6.45, 7) is 4.18. The number of halogens is 1. The van der Waals surface area contributed by atoms with E-state index < -0.39 is 0 Å². The van der Waals surface area contributed by atoms with Gasteiger partial charge < -0.3 is 9.30 Å². The molecule has 1 heterocycles. The summed E-state index contributed by atoms with van der Waals surface area (Å²) in [5.41, 5.74) is 1.61. The maximum absolute atomic E-state index is 11.8. The zero-order valence-electron chi connectivity index (χ0n) is 10.9. The first-order valence-electron chi connectivity index (χ1n) is 5.98. The van der Waals surface area contributed by atoms with Gasteiger partial charge in [-0.05, 0) is 19.4 Å². The fraction of sp³-hybridized carbons (Fsp3) is 0.286. The summed E-state index contributed by atoms with van der Waals surface area (Å²) in [6, 6.07) is 10.0. The summed E-state index contributed by atoms with van der Waals surface area (Å²) in [4.78, 5) is 15.8. The van der Waals surface area contributed by atoms with Gasteiger partial charge in [-0.3, -0.25) is 0 Å². The van der Waals surface area contributed by atoms with E-state index in [2.05, 4.69) is 4.98 Å². The van der Waals surface area contributed by atoms with E-state index in [0.717, 1.165) is 5.56 Å². The minimum absolute atomic E-state index is 0. The second-order valence-corrected chi connectivity index (χ2v) is 3.99. The summed E-state index contributed by atoms with van der Waals surface area (Å²) in [7, 11) is 0. The molecule has 0 radical (unpaired) electrons. The third-order valence-electron chi connectivity index (χ3n) is 2.85. The minimum Gasteiger partial charge on any atom is -0.461 e. The maximum Gasteiger partial charge on any atom is 0.356 e. The van der Waals surface area contributed by atoms with Gasteiger partial charge in [0.25, 0.3) is 0 Å². The average molecular weight is 281 g/mol. The number of aromatic nitrogens is 2. The molecule has 0 N–H and O–H groups in total. The van der Waals surface area contributed by atoms with Crippen molar-refractivity contribution in [3.8, 4) is 0 Å². The first-order chi connectivity index (χ1) is 8.74. The predicted molar refractivity (Wildman–Crippen MR) is 75.7 cm³/mol. The molecule has 0 saturated carbocycles. The molecular formula is C14H17ClN2O2. The number of carbonyl (C=O) groups is 1. The summed E-state index contributed by atoms with van der Waals surface area (Å²) in [5.74, 6) is -0.335. The van der Waals surface area contributed by atoms with Crippen LogP contribution < -0.4 is 0 Å². The van der Waals surface area contributed by atoms with Gasteiger partial charge in [-0.15, -0.1) is 12.4 Å². The van der Waals surface area contributed by atoms with Crippen molar-refractivity contribution in [3.05, 3.63) is 54.1 Å². The van der Waals surface area contributed by atoms with Crippen LogP contribution in [0.25, 0.3) is 0 Å². The van der Waals surface area contributed by atoms with Crippen molar-refractivity contribution < 1.29 is 9.53 Å². The van der Waals surface area contributed by atoms with E-state index in [1.165, 1.54) is 6.20 Å². The first kappa shape index (κ1) is 15.2. The van der Waals surface area contributed by atoms with E-state index in [-0.39, 0.29) is 24.4 Å². The molecule has 0 bridgehead atoms. The maximum atomic E-state index is 11.8. The highest BCUT2D eigenvalue weighted by molar-refractivity contribution is 5.87. The fourth-order valence-electron chi connectivity index (χ4n) is 1.87. The van der Waals surface area contributed by atoms with E-state index in [4.69, 9.17) is 4.74 Å². The van der Waals surface area contributed by atoms with Crippen LogP contribution in [-0.4, -0.2) is 22.1 Å². The smallest absolute Gasteiger partial charge is 0.356 e. The van der Waals surface area contributed by atoms with E-state index in [1.54, 1.807) is 13.3 Å². The normalized spacial score (nSPS) is 11.5. The molecule has 19 heavy (non-hydrogen) atoms. The Morgan fingerprint density at radius 2 is 2.05 bits per heavy atom. The van der Waals surface area contributed by atoms with Crippen LogP contribution in [0.5, 0.6) is 0 Å². The van der Waals surface area contributed by atoms with Crippen molar-refractivity contribution in [1.29, 1.82) is 0 Å². The van der Waals surface area contributed by atoms with Gasteiger partial charge in [0.2, 0.25) is 0 Å². The molecule has 4 nitrogen and oxygen atoms in total. The number of rotatable bonds is 4. The average Bonchev–Trinajstić information content (AvgIpc) is 2.88. The highest BCUT2D eigenvalue weighted by Crippen LogP contribution is 2.19. The Bertz CT molecular complexity index is 525. The fourth-order valence-corrected chi connectivity index (χ4v) is 1.87. The van der Waals surface area contributed by atoms with E-state index in [0.29, 0.717) is 12.3 Å². The lowest BCUT2D eigenvalue weighted by molar-refractivity contribution is 0.0512. The molecule has 0 fully saturated rings. The lowest BCUT2D eigenvalue weighted by atomic mass is 10.1. The zero-order chi connectivity index (χ0) is 13.0. The predicted octanol–water partition coefficient (Wildman–Crippen LogP) is 3.09. The molecular weight excluding hydrogens is 264 g/mol. The van der Waals surface area contributed by atoms with Crippen LogP contribution in [0.2, 0.25) is 0 Å². The number of hydrogen-bond acceptors (Lipinski definition) is 3. The lowest BCUT2D eigenvalue weighted by Crippen LogP contribution is -2.15. The largest absolute Gasteiger partial charge is 0.461 e. The van der Waals surface area contributed by atoms with Gasteiger partial charge in [-0.2, -0.15) is 0 Å². The first-order valence-corrected chi connectivity index (χ1v) is 5.98. The number of benzene rings is 1. The van der Waals surface area contributed by atoms with Crippen LogP contribution in [-0.2, 0) is 4.74 Å². The van der Waals surface area contributed by atoms with Crippen LogP contribution >= 0.6 is 12.4 Å². The number of hydrogen-bond donors (Lipinski definition) is 0. The van der Waals surface area contributed by atoms with Crippen molar-refractivity contribution in [2.45, 2.75) is 19.9 Å². The van der Waals surface area contributed by atoms with Crippen molar-refractivity contribution in [3.63, 3.8) is 0 Å². The number of imidazole rings is 1. The van der Waals surface area contributed by atoms with Crippen LogP contribution in [0.3, 0.4) is 0 Å². The second-order valence-electron chi connectivity index (χ2n) is 3.99. The Morgan fingerprint density at radius 1 is 1.37 bits per heavy atom. The Kier molecular flexibility index (Phi) is 5.57. The van der Waals surface area contributed by atoms with Crippen molar-refractivity contribution in [2.75, 3.05) is 6.61 Å². The van der Waals surface area contributed by atoms with Gasteiger partial charge >= 0.3 is 5.97 Å². The molecule has 0 aliphatic carbocycles. The monoisotopic (exact) mass is 280 g/mol. The zero-order valence-corrected chi connectivity index (χ0v) is 11.8. The molecule has 1 aromatic heterocycles. The molecule has 0 saturated heterocycles. The Balaban J connectivity index is 0.00000180. The summed E-state index contributed by atoms with van der Waals surface area (Å²) in [5, 5.41) is 0. The molecule has 102 valence electrons. The quantitative estimate of drug-likeness (QED) is 0.809. The third kappa shape index (κ3) is 3.35. The van der Waals surface area contributed by atoms with Gasteiger partial charge in [0.1, 0.15) is 5.69 Å². The summed E-state index contributed by atoms with van der Waals surface area (Å²) < 4.78 is 6.84. The highest BCUT2D eigenvalue weighted by atomic mass is 35.5. The van der Waals surface area contributed by atoms with Crippen molar-refractivity contribution in [1.82, 2.24) is 9.55 Å². The van der Waals surface area contributed by atoms with E-state index in [1.807, 2.05) is 41.8 Å². The number of esters is 1. The van der Waals surface area contributed by atoms with Gasteiger partial charge in [0.15, 0.2) is 0 Å². The minimum atomic E-state index is -0.335. The van der Waals surface area contributed by atoms with Crippen molar-refractivity contribution >= 4 is 18.4 Å². The van der Waals surface area contributed by atoms with E-state index >= 15 is 0 Å².